The lowest BCUT2D eigenvalue weighted by atomic mass is 9.86. The Morgan fingerprint density at radius 2 is 1.83 bits per heavy atom. The van der Waals surface area contributed by atoms with Gasteiger partial charge in [-0.3, -0.25) is 14.7 Å². The predicted molar refractivity (Wildman–Crippen MR) is 124 cm³/mol. The molecule has 30 heavy (non-hydrogen) atoms. The number of aryl methyl sites for hydroxylation is 1. The fourth-order valence-electron chi connectivity index (χ4n) is 3.30. The summed E-state index contributed by atoms with van der Waals surface area (Å²) in [5, 5.41) is 0.698. The summed E-state index contributed by atoms with van der Waals surface area (Å²) in [6.07, 6.45) is 3.53. The molecule has 0 aliphatic carbocycles. The molecule has 2 aromatic heterocycles. The number of fused-ring (bicyclic) bond motifs is 1. The van der Waals surface area contributed by atoms with Crippen molar-refractivity contribution in [3.8, 4) is 0 Å². The van der Waals surface area contributed by atoms with Crippen molar-refractivity contribution in [3.05, 3.63) is 89.2 Å². The fourth-order valence-corrected chi connectivity index (χ4v) is 4.37. The molecular weight excluding hydrogens is 390 g/mol. The molecule has 4 nitrogen and oxygen atoms in total. The van der Waals surface area contributed by atoms with Crippen LogP contribution < -0.4 is 4.90 Å². The Bertz CT molecular complexity index is 1170. The molecule has 152 valence electrons. The molecule has 0 aliphatic rings. The molecule has 0 saturated carbocycles. The molecule has 0 saturated heterocycles. The Morgan fingerprint density at radius 1 is 1.07 bits per heavy atom. The second kappa shape index (κ2) is 8.00. The average molecular weight is 416 g/mol. The maximum Gasteiger partial charge on any atom is 0.260 e. The lowest BCUT2D eigenvalue weighted by molar-refractivity contribution is 0.0985. The van der Waals surface area contributed by atoms with E-state index in [1.165, 1.54) is 11.1 Å². The normalized spacial score (nSPS) is 11.6. The van der Waals surface area contributed by atoms with Crippen LogP contribution in [0.15, 0.2) is 67.0 Å². The third kappa shape index (κ3) is 4.26. The highest BCUT2D eigenvalue weighted by molar-refractivity contribution is 7.22. The van der Waals surface area contributed by atoms with E-state index in [4.69, 9.17) is 4.98 Å². The number of hydrogen-bond acceptors (Lipinski definition) is 4. The highest BCUT2D eigenvalue weighted by atomic mass is 32.1. The molecular formula is C25H25N3OS. The molecule has 1 amide bonds. The summed E-state index contributed by atoms with van der Waals surface area (Å²) < 4.78 is 1.08. The zero-order valence-electron chi connectivity index (χ0n) is 17.7. The number of benzene rings is 2. The van der Waals surface area contributed by atoms with Crippen LogP contribution in [0.5, 0.6) is 0 Å². The molecule has 0 spiro atoms. The van der Waals surface area contributed by atoms with Crippen LogP contribution in [-0.4, -0.2) is 15.9 Å². The first-order valence-electron chi connectivity index (χ1n) is 10.00. The second-order valence-electron chi connectivity index (χ2n) is 8.55. The standard InChI is InChI=1S/C25H25N3OS/c1-17-7-12-21-22(14-17)30-24(27-21)28(16-18-6-5-13-26-15-18)23(29)19-8-10-20(11-9-19)25(2,3)4/h5-15H,16H2,1-4H3. The first kappa shape index (κ1) is 20.2. The summed E-state index contributed by atoms with van der Waals surface area (Å²) in [6, 6.07) is 17.9. The number of aromatic nitrogens is 2. The molecule has 0 N–H and O–H groups in total. The third-order valence-electron chi connectivity index (χ3n) is 5.07. The van der Waals surface area contributed by atoms with Gasteiger partial charge in [-0.15, -0.1) is 0 Å². The Labute approximate surface area is 181 Å². The van der Waals surface area contributed by atoms with E-state index in [9.17, 15) is 4.79 Å². The van der Waals surface area contributed by atoms with Gasteiger partial charge in [0.15, 0.2) is 5.13 Å². The van der Waals surface area contributed by atoms with E-state index in [0.717, 1.165) is 15.8 Å². The molecule has 0 unspecified atom stereocenters. The fraction of sp³-hybridized carbons (Fsp3) is 0.240. The molecule has 0 aliphatic heterocycles. The first-order valence-corrected chi connectivity index (χ1v) is 10.8. The number of carbonyl (C=O) groups is 1. The number of carbonyl (C=O) groups excluding carboxylic acids is 1. The van der Waals surface area contributed by atoms with Crippen LogP contribution >= 0.6 is 11.3 Å². The zero-order chi connectivity index (χ0) is 21.3. The number of hydrogen-bond donors (Lipinski definition) is 0. The van der Waals surface area contributed by atoms with E-state index in [1.807, 2.05) is 48.5 Å². The van der Waals surface area contributed by atoms with Gasteiger partial charge in [0.2, 0.25) is 0 Å². The van der Waals surface area contributed by atoms with E-state index in [1.54, 1.807) is 28.6 Å². The Morgan fingerprint density at radius 3 is 2.50 bits per heavy atom. The van der Waals surface area contributed by atoms with Gasteiger partial charge in [-0.05, 0) is 59.4 Å². The van der Waals surface area contributed by atoms with Crippen molar-refractivity contribution in [2.24, 2.45) is 0 Å². The summed E-state index contributed by atoms with van der Waals surface area (Å²) in [6.45, 7) is 8.99. The van der Waals surface area contributed by atoms with E-state index in [-0.39, 0.29) is 11.3 Å². The topological polar surface area (TPSA) is 46.1 Å². The highest BCUT2D eigenvalue weighted by Crippen LogP contribution is 2.32. The van der Waals surface area contributed by atoms with Gasteiger partial charge in [0.25, 0.3) is 5.91 Å². The van der Waals surface area contributed by atoms with E-state index < -0.39 is 0 Å². The molecule has 4 rings (SSSR count). The van der Waals surface area contributed by atoms with Gasteiger partial charge >= 0.3 is 0 Å². The van der Waals surface area contributed by atoms with Gasteiger partial charge in [0, 0.05) is 18.0 Å². The summed E-state index contributed by atoms with van der Waals surface area (Å²) in [5.41, 5.74) is 4.96. The van der Waals surface area contributed by atoms with Crippen LogP contribution in [0.25, 0.3) is 10.2 Å². The van der Waals surface area contributed by atoms with Crippen LogP contribution in [0.4, 0.5) is 5.13 Å². The zero-order valence-corrected chi connectivity index (χ0v) is 18.5. The average Bonchev–Trinajstić information content (AvgIpc) is 3.14. The van der Waals surface area contributed by atoms with Crippen LogP contribution in [0.1, 0.15) is 47.8 Å². The number of nitrogens with zero attached hydrogens (tertiary/aromatic N) is 3. The molecule has 2 aromatic carbocycles. The number of anilines is 1. The number of amides is 1. The third-order valence-corrected chi connectivity index (χ3v) is 6.11. The maximum atomic E-state index is 13.5. The van der Waals surface area contributed by atoms with Crippen molar-refractivity contribution < 1.29 is 4.79 Å². The first-order chi connectivity index (χ1) is 14.3. The molecule has 0 fully saturated rings. The molecule has 5 heteroatoms. The lowest BCUT2D eigenvalue weighted by Crippen LogP contribution is -2.30. The number of rotatable bonds is 4. The smallest absolute Gasteiger partial charge is 0.260 e. The monoisotopic (exact) mass is 415 g/mol. The van der Waals surface area contributed by atoms with E-state index in [0.29, 0.717) is 17.2 Å². The Kier molecular flexibility index (Phi) is 5.39. The Hall–Kier alpha value is -3.05. The second-order valence-corrected chi connectivity index (χ2v) is 9.56. The van der Waals surface area contributed by atoms with Gasteiger partial charge in [-0.25, -0.2) is 4.98 Å². The minimum absolute atomic E-state index is 0.0435. The van der Waals surface area contributed by atoms with Crippen molar-refractivity contribution in [1.82, 2.24) is 9.97 Å². The van der Waals surface area contributed by atoms with Crippen LogP contribution in [0.3, 0.4) is 0 Å². The quantitative estimate of drug-likeness (QED) is 0.402. The van der Waals surface area contributed by atoms with Crippen LogP contribution in [0, 0.1) is 6.92 Å². The SMILES string of the molecule is Cc1ccc2nc(N(Cc3cccnc3)C(=O)c3ccc(C(C)(C)C)cc3)sc2c1. The maximum absolute atomic E-state index is 13.5. The van der Waals surface area contributed by atoms with Gasteiger partial charge in [0.05, 0.1) is 16.8 Å². The minimum atomic E-state index is -0.0601. The van der Waals surface area contributed by atoms with Crippen molar-refractivity contribution in [3.63, 3.8) is 0 Å². The van der Waals surface area contributed by atoms with Gasteiger partial charge < -0.3 is 0 Å². The van der Waals surface area contributed by atoms with Gasteiger partial charge in [-0.1, -0.05) is 56.4 Å². The van der Waals surface area contributed by atoms with Crippen LogP contribution in [0.2, 0.25) is 0 Å². The summed E-state index contributed by atoms with van der Waals surface area (Å²) in [4.78, 5) is 24.2. The van der Waals surface area contributed by atoms with Crippen molar-refractivity contribution in [2.45, 2.75) is 39.7 Å². The van der Waals surface area contributed by atoms with Gasteiger partial charge in [0.1, 0.15) is 0 Å². The molecule has 0 radical (unpaired) electrons. The molecule has 2 heterocycles. The summed E-state index contributed by atoms with van der Waals surface area (Å²) in [7, 11) is 0. The summed E-state index contributed by atoms with van der Waals surface area (Å²) >= 11 is 1.54. The van der Waals surface area contributed by atoms with Crippen molar-refractivity contribution in [2.75, 3.05) is 4.90 Å². The van der Waals surface area contributed by atoms with Crippen LogP contribution in [-0.2, 0) is 12.0 Å². The number of thiazole rings is 1. The minimum Gasteiger partial charge on any atom is -0.279 e. The highest BCUT2D eigenvalue weighted by Gasteiger charge is 2.23. The van der Waals surface area contributed by atoms with Crippen molar-refractivity contribution in [1.29, 1.82) is 0 Å². The van der Waals surface area contributed by atoms with E-state index >= 15 is 0 Å². The molecule has 0 bridgehead atoms. The molecule has 4 aromatic rings. The van der Waals surface area contributed by atoms with Gasteiger partial charge in [-0.2, -0.15) is 0 Å². The summed E-state index contributed by atoms with van der Waals surface area (Å²) in [5.74, 6) is -0.0601. The number of pyridine rings is 1. The van der Waals surface area contributed by atoms with E-state index in [2.05, 4.69) is 38.7 Å². The van der Waals surface area contributed by atoms with Crippen molar-refractivity contribution >= 4 is 32.6 Å². The Balaban J connectivity index is 1.73. The molecule has 0 atom stereocenters. The largest absolute Gasteiger partial charge is 0.279 e. The lowest BCUT2D eigenvalue weighted by Gasteiger charge is -2.22. The predicted octanol–water partition coefficient (Wildman–Crippen LogP) is 6.14.